The van der Waals surface area contributed by atoms with E-state index in [2.05, 4.69) is 13.8 Å². The lowest BCUT2D eigenvalue weighted by Crippen LogP contribution is -2.16. The van der Waals surface area contributed by atoms with Gasteiger partial charge in [0.2, 0.25) is 10.0 Å². The molecule has 0 aromatic heterocycles. The van der Waals surface area contributed by atoms with Gasteiger partial charge in [0.25, 0.3) is 0 Å². The molecule has 1 aliphatic heterocycles. The molecular weight excluding hydrogens is 258 g/mol. The van der Waals surface area contributed by atoms with Crippen molar-refractivity contribution in [1.82, 2.24) is 4.31 Å². The topological polar surface area (TPSA) is 37.1 Å². The van der Waals surface area contributed by atoms with Gasteiger partial charge in [-0.2, -0.15) is 4.31 Å². The van der Waals surface area contributed by atoms with Gasteiger partial charge >= 0.3 is 0 Å². The first kappa shape index (κ1) is 14.5. The molecule has 3 nitrogen and oxygen atoms in total. The van der Waals surface area contributed by atoms with E-state index in [1.54, 1.807) is 16.4 Å². The number of aryl methyl sites for hydroxylation is 1. The van der Waals surface area contributed by atoms with Crippen molar-refractivity contribution in [3.05, 3.63) is 29.8 Å². The SMILES string of the molecule is CCCCC1C(CC)N1S(=O)(=O)c1ccc(C)cc1. The summed E-state index contributed by atoms with van der Waals surface area (Å²) in [5.74, 6) is 0. The average Bonchev–Trinajstić information content (AvgIpc) is 3.11. The molecule has 3 atom stereocenters. The summed E-state index contributed by atoms with van der Waals surface area (Å²) >= 11 is 0. The molecule has 0 spiro atoms. The van der Waals surface area contributed by atoms with Crippen LogP contribution < -0.4 is 0 Å². The molecule has 4 heteroatoms. The molecule has 1 aromatic rings. The van der Waals surface area contributed by atoms with E-state index in [1.165, 1.54) is 0 Å². The molecule has 1 aliphatic rings. The Labute approximate surface area is 116 Å². The molecule has 0 aliphatic carbocycles. The first-order chi connectivity index (χ1) is 9.02. The summed E-state index contributed by atoms with van der Waals surface area (Å²) in [6.07, 6.45) is 4.10. The van der Waals surface area contributed by atoms with Crippen LogP contribution in [0.3, 0.4) is 0 Å². The molecule has 3 unspecified atom stereocenters. The first-order valence-electron chi connectivity index (χ1n) is 7.12. The van der Waals surface area contributed by atoms with Crippen molar-refractivity contribution in [3.8, 4) is 0 Å². The zero-order chi connectivity index (χ0) is 14.0. The van der Waals surface area contributed by atoms with Gasteiger partial charge in [0, 0.05) is 12.1 Å². The molecule has 1 saturated heterocycles. The van der Waals surface area contributed by atoms with Crippen LogP contribution in [0.2, 0.25) is 0 Å². The Morgan fingerprint density at radius 1 is 1.11 bits per heavy atom. The zero-order valence-electron chi connectivity index (χ0n) is 12.0. The van der Waals surface area contributed by atoms with Gasteiger partial charge in [0.15, 0.2) is 0 Å². The molecular formula is C15H23NO2S. The van der Waals surface area contributed by atoms with Gasteiger partial charge in [-0.15, -0.1) is 0 Å². The van der Waals surface area contributed by atoms with Crippen LogP contribution in [0.5, 0.6) is 0 Å². The number of benzene rings is 1. The summed E-state index contributed by atoms with van der Waals surface area (Å²) in [4.78, 5) is 0.426. The lowest BCUT2D eigenvalue weighted by atomic mass is 10.1. The number of nitrogens with zero attached hydrogens (tertiary/aromatic N) is 1. The van der Waals surface area contributed by atoms with E-state index in [1.807, 2.05) is 19.1 Å². The second-order valence-corrected chi connectivity index (χ2v) is 7.18. The maximum Gasteiger partial charge on any atom is 0.243 e. The third-order valence-corrected chi connectivity index (χ3v) is 5.84. The first-order valence-corrected chi connectivity index (χ1v) is 8.56. The smallest absolute Gasteiger partial charge is 0.207 e. The second kappa shape index (κ2) is 5.63. The number of sulfonamides is 1. The van der Waals surface area contributed by atoms with Crippen molar-refractivity contribution in [2.24, 2.45) is 0 Å². The van der Waals surface area contributed by atoms with Crippen LogP contribution in [-0.2, 0) is 10.0 Å². The van der Waals surface area contributed by atoms with Gasteiger partial charge in [0.1, 0.15) is 0 Å². The monoisotopic (exact) mass is 281 g/mol. The van der Waals surface area contributed by atoms with Crippen molar-refractivity contribution < 1.29 is 8.42 Å². The molecule has 2 rings (SSSR count). The molecule has 0 radical (unpaired) electrons. The Kier molecular flexibility index (Phi) is 4.31. The zero-order valence-corrected chi connectivity index (χ0v) is 12.8. The van der Waals surface area contributed by atoms with Gasteiger partial charge < -0.3 is 0 Å². The van der Waals surface area contributed by atoms with Crippen LogP contribution in [0.4, 0.5) is 0 Å². The normalized spacial score (nSPS) is 26.4. The Bertz CT molecular complexity index is 522. The van der Waals surface area contributed by atoms with Gasteiger partial charge in [-0.1, -0.05) is 44.4 Å². The maximum absolute atomic E-state index is 12.6. The minimum Gasteiger partial charge on any atom is -0.207 e. The number of unbranched alkanes of at least 4 members (excludes halogenated alkanes) is 1. The third-order valence-electron chi connectivity index (χ3n) is 3.88. The highest BCUT2D eigenvalue weighted by atomic mass is 32.2. The summed E-state index contributed by atoms with van der Waals surface area (Å²) in [5, 5.41) is 0. The van der Waals surface area contributed by atoms with E-state index in [-0.39, 0.29) is 12.1 Å². The fourth-order valence-corrected chi connectivity index (χ4v) is 4.60. The fraction of sp³-hybridized carbons (Fsp3) is 0.600. The molecule has 0 N–H and O–H groups in total. The van der Waals surface area contributed by atoms with E-state index < -0.39 is 10.0 Å². The Hall–Kier alpha value is -0.870. The lowest BCUT2D eigenvalue weighted by Gasteiger charge is -2.07. The summed E-state index contributed by atoms with van der Waals surface area (Å²) in [6, 6.07) is 7.57. The number of hydrogen-bond acceptors (Lipinski definition) is 2. The van der Waals surface area contributed by atoms with Crippen molar-refractivity contribution in [1.29, 1.82) is 0 Å². The predicted octanol–water partition coefficient (Wildman–Crippen LogP) is 3.34. The van der Waals surface area contributed by atoms with Gasteiger partial charge in [0.05, 0.1) is 4.90 Å². The van der Waals surface area contributed by atoms with Crippen molar-refractivity contribution in [3.63, 3.8) is 0 Å². The second-order valence-electron chi connectivity index (χ2n) is 5.33. The molecule has 0 amide bonds. The van der Waals surface area contributed by atoms with E-state index in [0.717, 1.165) is 31.2 Å². The Morgan fingerprint density at radius 3 is 2.26 bits per heavy atom. The molecule has 1 aromatic carbocycles. The third kappa shape index (κ3) is 2.84. The molecule has 1 heterocycles. The fourth-order valence-electron chi connectivity index (χ4n) is 2.68. The van der Waals surface area contributed by atoms with E-state index in [9.17, 15) is 8.42 Å². The minimum atomic E-state index is -3.29. The summed E-state index contributed by atoms with van der Waals surface area (Å²) in [7, 11) is -3.29. The van der Waals surface area contributed by atoms with Crippen LogP contribution in [0.25, 0.3) is 0 Å². The van der Waals surface area contributed by atoms with Gasteiger partial charge in [-0.25, -0.2) is 8.42 Å². The van der Waals surface area contributed by atoms with Crippen LogP contribution in [0, 0.1) is 6.92 Å². The standard InChI is InChI=1S/C15H23NO2S/c1-4-6-7-15-14(5-2)16(15)19(17,18)13-10-8-12(3)9-11-13/h8-11,14-15H,4-7H2,1-3H3. The van der Waals surface area contributed by atoms with Gasteiger partial charge in [-0.3, -0.25) is 0 Å². The molecule has 106 valence electrons. The van der Waals surface area contributed by atoms with Crippen molar-refractivity contribution in [2.75, 3.05) is 0 Å². The predicted molar refractivity (Wildman–Crippen MR) is 77.6 cm³/mol. The molecule has 19 heavy (non-hydrogen) atoms. The summed E-state index contributed by atoms with van der Waals surface area (Å²) in [5.41, 5.74) is 1.08. The van der Waals surface area contributed by atoms with E-state index in [0.29, 0.717) is 4.90 Å². The maximum atomic E-state index is 12.6. The lowest BCUT2D eigenvalue weighted by molar-refractivity contribution is 0.536. The van der Waals surface area contributed by atoms with Crippen LogP contribution in [-0.4, -0.2) is 24.8 Å². The van der Waals surface area contributed by atoms with E-state index >= 15 is 0 Å². The number of rotatable bonds is 6. The number of hydrogen-bond donors (Lipinski definition) is 0. The van der Waals surface area contributed by atoms with Crippen LogP contribution in [0.1, 0.15) is 45.1 Å². The highest BCUT2D eigenvalue weighted by Crippen LogP contribution is 2.40. The van der Waals surface area contributed by atoms with Crippen molar-refractivity contribution in [2.45, 2.75) is 63.4 Å². The Balaban J connectivity index is 2.18. The summed E-state index contributed by atoms with van der Waals surface area (Å²) < 4.78 is 26.9. The largest absolute Gasteiger partial charge is 0.243 e. The average molecular weight is 281 g/mol. The van der Waals surface area contributed by atoms with Crippen molar-refractivity contribution >= 4 is 10.0 Å². The quantitative estimate of drug-likeness (QED) is 0.750. The minimum absolute atomic E-state index is 0.206. The van der Waals surface area contributed by atoms with Gasteiger partial charge in [-0.05, 0) is 31.9 Å². The highest BCUT2D eigenvalue weighted by Gasteiger charge is 2.53. The molecule has 1 fully saturated rings. The van der Waals surface area contributed by atoms with Crippen LogP contribution in [0.15, 0.2) is 29.2 Å². The molecule has 0 bridgehead atoms. The van der Waals surface area contributed by atoms with Crippen LogP contribution >= 0.6 is 0 Å². The highest BCUT2D eigenvalue weighted by molar-refractivity contribution is 7.89. The molecule has 0 saturated carbocycles. The van der Waals surface area contributed by atoms with E-state index in [4.69, 9.17) is 0 Å². The Morgan fingerprint density at radius 2 is 1.74 bits per heavy atom. The summed E-state index contributed by atoms with van der Waals surface area (Å²) in [6.45, 7) is 6.17.